The Labute approximate surface area is 107 Å². The minimum absolute atomic E-state index is 0.00181. The molecule has 1 atom stereocenters. The number of halogens is 2. The fraction of sp³-hybridized carbons (Fsp3) is 0.273. The summed E-state index contributed by atoms with van der Waals surface area (Å²) in [6.45, 7) is 1.49. The molecule has 0 fully saturated rings. The standard InChI is InChI=1S/C11H12BrFN2O2/c1-6(11(14)17)15-10(16)5-7-2-3-8(12)9(13)4-7/h2-4,6H,5H2,1H3,(H2,14,17)(H,15,16). The number of benzene rings is 1. The first kappa shape index (κ1) is 13.6. The molecule has 1 aromatic carbocycles. The van der Waals surface area contributed by atoms with Gasteiger partial charge in [0.2, 0.25) is 11.8 Å². The molecule has 2 amide bonds. The molecule has 0 bridgehead atoms. The van der Waals surface area contributed by atoms with E-state index >= 15 is 0 Å². The first-order chi connectivity index (χ1) is 7.90. The van der Waals surface area contributed by atoms with Gasteiger partial charge in [0.05, 0.1) is 10.9 Å². The van der Waals surface area contributed by atoms with Crippen molar-refractivity contribution >= 4 is 27.7 Å². The molecular weight excluding hydrogens is 291 g/mol. The van der Waals surface area contributed by atoms with Gasteiger partial charge in [-0.15, -0.1) is 0 Å². The average Bonchev–Trinajstić information content (AvgIpc) is 2.23. The topological polar surface area (TPSA) is 72.2 Å². The van der Waals surface area contributed by atoms with Crippen molar-refractivity contribution in [3.63, 3.8) is 0 Å². The summed E-state index contributed by atoms with van der Waals surface area (Å²) in [6.07, 6.45) is 0.00181. The Kier molecular flexibility index (Phi) is 4.62. The maximum absolute atomic E-state index is 13.2. The zero-order chi connectivity index (χ0) is 13.0. The molecule has 17 heavy (non-hydrogen) atoms. The van der Waals surface area contributed by atoms with Crippen LogP contribution in [0.4, 0.5) is 4.39 Å². The second kappa shape index (κ2) is 5.77. The molecule has 1 rings (SSSR count). The largest absolute Gasteiger partial charge is 0.368 e. The van der Waals surface area contributed by atoms with Crippen LogP contribution < -0.4 is 11.1 Å². The molecule has 0 aromatic heterocycles. The molecule has 3 N–H and O–H groups in total. The van der Waals surface area contributed by atoms with E-state index in [4.69, 9.17) is 5.73 Å². The van der Waals surface area contributed by atoms with Gasteiger partial charge in [-0.3, -0.25) is 9.59 Å². The van der Waals surface area contributed by atoms with E-state index in [1.807, 2.05) is 0 Å². The van der Waals surface area contributed by atoms with Crippen molar-refractivity contribution in [2.45, 2.75) is 19.4 Å². The van der Waals surface area contributed by atoms with E-state index in [0.717, 1.165) is 0 Å². The quantitative estimate of drug-likeness (QED) is 0.875. The van der Waals surface area contributed by atoms with E-state index in [1.54, 1.807) is 6.07 Å². The van der Waals surface area contributed by atoms with Gasteiger partial charge in [-0.2, -0.15) is 0 Å². The predicted molar refractivity (Wildman–Crippen MR) is 64.6 cm³/mol. The van der Waals surface area contributed by atoms with Crippen molar-refractivity contribution in [1.82, 2.24) is 5.32 Å². The zero-order valence-corrected chi connectivity index (χ0v) is 10.8. The summed E-state index contributed by atoms with van der Waals surface area (Å²) in [6, 6.07) is 3.68. The first-order valence-corrected chi connectivity index (χ1v) is 5.72. The summed E-state index contributed by atoms with van der Waals surface area (Å²) in [5.41, 5.74) is 5.53. The zero-order valence-electron chi connectivity index (χ0n) is 9.17. The van der Waals surface area contributed by atoms with Crippen LogP contribution in [0.2, 0.25) is 0 Å². The third-order valence-corrected chi connectivity index (χ3v) is 2.80. The molecule has 0 aliphatic heterocycles. The molecule has 0 aliphatic carbocycles. The van der Waals surface area contributed by atoms with Crippen molar-refractivity contribution in [1.29, 1.82) is 0 Å². The number of nitrogens with two attached hydrogens (primary N) is 1. The highest BCUT2D eigenvalue weighted by Crippen LogP contribution is 2.16. The molecule has 0 saturated carbocycles. The summed E-state index contributed by atoms with van der Waals surface area (Å²) in [4.78, 5) is 22.2. The van der Waals surface area contributed by atoms with Crippen molar-refractivity contribution in [2.75, 3.05) is 0 Å². The van der Waals surface area contributed by atoms with Crippen LogP contribution in [0.1, 0.15) is 12.5 Å². The van der Waals surface area contributed by atoms with Crippen LogP contribution in [0.25, 0.3) is 0 Å². The number of carbonyl (C=O) groups excluding carboxylic acids is 2. The van der Waals surface area contributed by atoms with Crippen LogP contribution in [-0.2, 0) is 16.0 Å². The minimum Gasteiger partial charge on any atom is -0.368 e. The molecule has 0 saturated heterocycles. The Morgan fingerprint density at radius 2 is 2.18 bits per heavy atom. The molecule has 92 valence electrons. The Hall–Kier alpha value is -1.43. The van der Waals surface area contributed by atoms with Crippen molar-refractivity contribution in [3.8, 4) is 0 Å². The van der Waals surface area contributed by atoms with Crippen LogP contribution in [0.3, 0.4) is 0 Å². The number of hydrogen-bond acceptors (Lipinski definition) is 2. The molecule has 1 unspecified atom stereocenters. The number of amides is 2. The SMILES string of the molecule is CC(NC(=O)Cc1ccc(Br)c(F)c1)C(N)=O. The van der Waals surface area contributed by atoms with Crippen LogP contribution in [-0.4, -0.2) is 17.9 Å². The molecule has 0 radical (unpaired) electrons. The van der Waals surface area contributed by atoms with Gasteiger partial charge in [-0.25, -0.2) is 4.39 Å². The summed E-state index contributed by atoms with van der Waals surface area (Å²) < 4.78 is 13.5. The van der Waals surface area contributed by atoms with E-state index in [2.05, 4.69) is 21.2 Å². The highest BCUT2D eigenvalue weighted by atomic mass is 79.9. The summed E-state index contributed by atoms with van der Waals surface area (Å²) in [5.74, 6) is -1.42. The number of nitrogens with one attached hydrogen (secondary N) is 1. The number of hydrogen-bond donors (Lipinski definition) is 2. The van der Waals surface area contributed by atoms with Crippen LogP contribution >= 0.6 is 15.9 Å². The van der Waals surface area contributed by atoms with Gasteiger partial charge in [-0.1, -0.05) is 6.07 Å². The van der Waals surface area contributed by atoms with E-state index in [1.165, 1.54) is 19.1 Å². The summed E-state index contributed by atoms with van der Waals surface area (Å²) in [7, 11) is 0. The highest BCUT2D eigenvalue weighted by Gasteiger charge is 2.12. The molecular formula is C11H12BrFN2O2. The van der Waals surface area contributed by atoms with Gasteiger partial charge in [0, 0.05) is 0 Å². The Bertz CT molecular complexity index is 451. The van der Waals surface area contributed by atoms with Crippen molar-refractivity contribution < 1.29 is 14.0 Å². The van der Waals surface area contributed by atoms with Gasteiger partial charge >= 0.3 is 0 Å². The molecule has 0 heterocycles. The molecule has 1 aromatic rings. The Morgan fingerprint density at radius 1 is 1.53 bits per heavy atom. The van der Waals surface area contributed by atoms with Gasteiger partial charge in [0.25, 0.3) is 0 Å². The lowest BCUT2D eigenvalue weighted by Crippen LogP contribution is -2.42. The van der Waals surface area contributed by atoms with E-state index in [-0.39, 0.29) is 12.3 Å². The normalized spacial score (nSPS) is 11.9. The third kappa shape index (κ3) is 4.14. The molecule has 4 nitrogen and oxygen atoms in total. The molecule has 0 spiro atoms. The van der Waals surface area contributed by atoms with Gasteiger partial charge in [0.1, 0.15) is 11.9 Å². The van der Waals surface area contributed by atoms with Crippen molar-refractivity contribution in [3.05, 3.63) is 34.1 Å². The minimum atomic E-state index is -0.734. The van der Waals surface area contributed by atoms with Gasteiger partial charge in [0.15, 0.2) is 0 Å². The molecule has 0 aliphatic rings. The van der Waals surface area contributed by atoms with Gasteiger partial charge < -0.3 is 11.1 Å². The maximum atomic E-state index is 13.2. The lowest BCUT2D eigenvalue weighted by molar-refractivity contribution is -0.126. The summed E-state index contributed by atoms with van der Waals surface area (Å²) >= 11 is 3.02. The average molecular weight is 303 g/mol. The lowest BCUT2D eigenvalue weighted by Gasteiger charge is -2.10. The third-order valence-electron chi connectivity index (χ3n) is 2.15. The Morgan fingerprint density at radius 3 is 2.71 bits per heavy atom. The number of primary amides is 1. The second-order valence-electron chi connectivity index (χ2n) is 3.62. The van der Waals surface area contributed by atoms with Crippen LogP contribution in [0.5, 0.6) is 0 Å². The maximum Gasteiger partial charge on any atom is 0.239 e. The van der Waals surface area contributed by atoms with Gasteiger partial charge in [-0.05, 0) is 40.5 Å². The number of carbonyl (C=O) groups is 2. The van der Waals surface area contributed by atoms with E-state index in [9.17, 15) is 14.0 Å². The number of rotatable bonds is 4. The van der Waals surface area contributed by atoms with E-state index in [0.29, 0.717) is 10.0 Å². The fourth-order valence-corrected chi connectivity index (χ4v) is 1.45. The first-order valence-electron chi connectivity index (χ1n) is 4.92. The predicted octanol–water partition coefficient (Wildman–Crippen LogP) is 1.12. The van der Waals surface area contributed by atoms with Crippen LogP contribution in [0.15, 0.2) is 22.7 Å². The molecule has 6 heteroatoms. The highest BCUT2D eigenvalue weighted by molar-refractivity contribution is 9.10. The smallest absolute Gasteiger partial charge is 0.239 e. The monoisotopic (exact) mass is 302 g/mol. The Balaban J connectivity index is 2.62. The lowest BCUT2D eigenvalue weighted by atomic mass is 10.1. The fourth-order valence-electron chi connectivity index (χ4n) is 1.20. The van der Waals surface area contributed by atoms with Crippen LogP contribution in [0, 0.1) is 5.82 Å². The second-order valence-corrected chi connectivity index (χ2v) is 4.47. The summed E-state index contributed by atoms with van der Waals surface area (Å²) in [5, 5.41) is 2.41. The van der Waals surface area contributed by atoms with E-state index < -0.39 is 17.8 Å². The van der Waals surface area contributed by atoms with Crippen molar-refractivity contribution in [2.24, 2.45) is 5.73 Å².